The van der Waals surface area contributed by atoms with Crippen molar-refractivity contribution in [2.24, 2.45) is 0 Å². The Balaban J connectivity index is 0.000000254. The van der Waals surface area contributed by atoms with Crippen LogP contribution in [-0.2, 0) is 0 Å². The Morgan fingerprint density at radius 2 is 1.73 bits per heavy atom. The van der Waals surface area contributed by atoms with Crippen molar-refractivity contribution >= 4 is 23.3 Å². The normalized spacial score (nSPS) is 9.77. The molecule has 3 aromatic rings. The molecule has 0 atom stereocenters. The van der Waals surface area contributed by atoms with Gasteiger partial charge in [0.05, 0.1) is 17.4 Å². The van der Waals surface area contributed by atoms with Crippen LogP contribution in [0.5, 0.6) is 0 Å². The molecule has 7 nitrogen and oxygen atoms in total. The van der Waals surface area contributed by atoms with Crippen molar-refractivity contribution in [1.29, 1.82) is 0 Å². The molecule has 1 aromatic heterocycles. The van der Waals surface area contributed by atoms with E-state index in [0.717, 1.165) is 12.3 Å². The summed E-state index contributed by atoms with van der Waals surface area (Å²) >= 11 is 0. The molecule has 0 radical (unpaired) electrons. The van der Waals surface area contributed by atoms with E-state index < -0.39 is 17.7 Å². The molecule has 0 spiro atoms. The van der Waals surface area contributed by atoms with Gasteiger partial charge in [-0.25, -0.2) is 13.6 Å². The maximum atomic E-state index is 13.3. The van der Waals surface area contributed by atoms with Gasteiger partial charge < -0.3 is 16.2 Å². The van der Waals surface area contributed by atoms with E-state index in [1.165, 1.54) is 42.5 Å². The van der Waals surface area contributed by atoms with Gasteiger partial charge in [-0.3, -0.25) is 9.89 Å². The highest BCUT2D eigenvalue weighted by Crippen LogP contribution is 2.14. The predicted molar refractivity (Wildman–Crippen MR) is 90.7 cm³/mol. The smallest absolute Gasteiger partial charge is 0.356 e. The van der Waals surface area contributed by atoms with Crippen LogP contribution in [-0.4, -0.2) is 27.2 Å². The standard InChI is InChI=1S/C11H8FN3O3.C6H6FN/c12-7-4-2-1-3-6(7)10(16)14-8-5-13-15-9(8)11(17)18;7-5-1-3-6(8)4-2-5/h1-5H,(H,13,15)(H,14,16)(H,17,18);1-4H,8H2. The molecule has 0 saturated heterocycles. The lowest BCUT2D eigenvalue weighted by Crippen LogP contribution is -2.15. The van der Waals surface area contributed by atoms with Crippen molar-refractivity contribution in [2.75, 3.05) is 11.1 Å². The molecular formula is C17H14F2N4O3. The summed E-state index contributed by atoms with van der Waals surface area (Å²) in [6, 6.07) is 11.1. The summed E-state index contributed by atoms with van der Waals surface area (Å²) in [5.74, 6) is -2.94. The fraction of sp³-hybridized carbons (Fsp3) is 0. The van der Waals surface area contributed by atoms with Gasteiger partial charge in [-0.05, 0) is 36.4 Å². The van der Waals surface area contributed by atoms with Crippen molar-refractivity contribution in [1.82, 2.24) is 10.2 Å². The number of hydrogen-bond acceptors (Lipinski definition) is 4. The highest BCUT2D eigenvalue weighted by atomic mass is 19.1. The third kappa shape index (κ3) is 4.87. The molecule has 1 amide bonds. The molecule has 9 heteroatoms. The molecule has 134 valence electrons. The highest BCUT2D eigenvalue weighted by molar-refractivity contribution is 6.07. The van der Waals surface area contributed by atoms with Crippen molar-refractivity contribution in [3.63, 3.8) is 0 Å². The first-order valence-electron chi connectivity index (χ1n) is 7.22. The number of nitrogens with one attached hydrogen (secondary N) is 2. The van der Waals surface area contributed by atoms with Crippen LogP contribution in [0, 0.1) is 11.6 Å². The Kier molecular flexibility index (Phi) is 5.99. The van der Waals surface area contributed by atoms with Crippen LogP contribution in [0.2, 0.25) is 0 Å². The van der Waals surface area contributed by atoms with Crippen molar-refractivity contribution in [2.45, 2.75) is 0 Å². The van der Waals surface area contributed by atoms with Crippen LogP contribution >= 0.6 is 0 Å². The van der Waals surface area contributed by atoms with E-state index in [2.05, 4.69) is 15.5 Å². The van der Waals surface area contributed by atoms with Gasteiger partial charge in [0.1, 0.15) is 11.6 Å². The van der Waals surface area contributed by atoms with Gasteiger partial charge in [0.2, 0.25) is 0 Å². The number of nitrogens with zero attached hydrogens (tertiary/aromatic N) is 1. The summed E-state index contributed by atoms with van der Waals surface area (Å²) in [6.45, 7) is 0. The van der Waals surface area contributed by atoms with Crippen LogP contribution < -0.4 is 11.1 Å². The molecule has 1 heterocycles. The molecule has 0 fully saturated rings. The van der Waals surface area contributed by atoms with E-state index in [4.69, 9.17) is 10.8 Å². The average Bonchev–Trinajstić information content (AvgIpc) is 3.07. The molecule has 0 aliphatic rings. The lowest BCUT2D eigenvalue weighted by molar-refractivity contribution is 0.0691. The maximum Gasteiger partial charge on any atom is 0.356 e. The van der Waals surface area contributed by atoms with E-state index in [1.54, 1.807) is 0 Å². The molecule has 0 aliphatic carbocycles. The first-order valence-corrected chi connectivity index (χ1v) is 7.22. The summed E-state index contributed by atoms with van der Waals surface area (Å²) in [7, 11) is 0. The third-order valence-electron chi connectivity index (χ3n) is 3.09. The molecule has 0 aliphatic heterocycles. The zero-order chi connectivity index (χ0) is 19.1. The van der Waals surface area contributed by atoms with Gasteiger partial charge in [0.25, 0.3) is 5.91 Å². The summed E-state index contributed by atoms with van der Waals surface area (Å²) in [6.07, 6.45) is 1.14. The maximum absolute atomic E-state index is 13.3. The second-order valence-corrected chi connectivity index (χ2v) is 4.95. The number of carboxylic acid groups (broad SMARTS) is 1. The van der Waals surface area contributed by atoms with Gasteiger partial charge in [-0.15, -0.1) is 0 Å². The second kappa shape index (κ2) is 8.38. The van der Waals surface area contributed by atoms with Gasteiger partial charge in [0, 0.05) is 5.69 Å². The van der Waals surface area contributed by atoms with Gasteiger partial charge in [-0.2, -0.15) is 5.10 Å². The van der Waals surface area contributed by atoms with Crippen LogP contribution in [0.1, 0.15) is 20.8 Å². The van der Waals surface area contributed by atoms with Gasteiger partial charge >= 0.3 is 5.97 Å². The fourth-order valence-corrected chi connectivity index (χ4v) is 1.84. The number of aromatic carboxylic acids is 1. The Hall–Kier alpha value is -3.75. The third-order valence-corrected chi connectivity index (χ3v) is 3.09. The first kappa shape index (κ1) is 18.6. The van der Waals surface area contributed by atoms with Gasteiger partial charge in [0.15, 0.2) is 5.69 Å². The number of hydrogen-bond donors (Lipinski definition) is 4. The predicted octanol–water partition coefficient (Wildman–Crippen LogP) is 2.91. The number of nitrogen functional groups attached to an aromatic ring is 1. The molecule has 0 bridgehead atoms. The van der Waals surface area contributed by atoms with Crippen LogP contribution in [0.3, 0.4) is 0 Å². The number of nitrogens with two attached hydrogens (primary N) is 1. The number of carbonyl (C=O) groups excluding carboxylic acids is 1. The Morgan fingerprint density at radius 3 is 2.31 bits per heavy atom. The Labute approximate surface area is 146 Å². The summed E-state index contributed by atoms with van der Waals surface area (Å²) < 4.78 is 25.4. The number of rotatable bonds is 3. The minimum absolute atomic E-state index is 0.0178. The topological polar surface area (TPSA) is 121 Å². The summed E-state index contributed by atoms with van der Waals surface area (Å²) in [5, 5.41) is 16.8. The number of benzene rings is 2. The second-order valence-electron chi connectivity index (χ2n) is 4.95. The van der Waals surface area contributed by atoms with Crippen LogP contribution in [0.25, 0.3) is 0 Å². The van der Waals surface area contributed by atoms with E-state index in [1.807, 2.05) is 0 Å². The number of aromatic nitrogens is 2. The van der Waals surface area contributed by atoms with E-state index in [0.29, 0.717) is 5.69 Å². The molecule has 2 aromatic carbocycles. The number of carboxylic acids is 1. The minimum atomic E-state index is -1.27. The molecule has 5 N–H and O–H groups in total. The zero-order valence-corrected chi connectivity index (χ0v) is 13.2. The largest absolute Gasteiger partial charge is 0.476 e. The van der Waals surface area contributed by atoms with Crippen LogP contribution in [0.15, 0.2) is 54.7 Å². The number of amides is 1. The van der Waals surface area contributed by atoms with E-state index >= 15 is 0 Å². The van der Waals surface area contributed by atoms with E-state index in [-0.39, 0.29) is 22.8 Å². The molecule has 3 rings (SSSR count). The Morgan fingerprint density at radius 1 is 1.08 bits per heavy atom. The van der Waals surface area contributed by atoms with Crippen molar-refractivity contribution in [3.05, 3.63) is 77.6 Å². The zero-order valence-electron chi connectivity index (χ0n) is 13.2. The van der Waals surface area contributed by atoms with Gasteiger partial charge in [-0.1, -0.05) is 12.1 Å². The highest BCUT2D eigenvalue weighted by Gasteiger charge is 2.17. The average molecular weight is 360 g/mol. The number of H-pyrrole nitrogens is 1. The number of carbonyl (C=O) groups is 2. The van der Waals surface area contributed by atoms with Crippen molar-refractivity contribution < 1.29 is 23.5 Å². The summed E-state index contributed by atoms with van der Waals surface area (Å²) in [5.41, 5.74) is 5.40. The van der Waals surface area contributed by atoms with Crippen molar-refractivity contribution in [3.8, 4) is 0 Å². The molecular weight excluding hydrogens is 346 g/mol. The first-order chi connectivity index (χ1) is 12.4. The molecule has 26 heavy (non-hydrogen) atoms. The summed E-state index contributed by atoms with van der Waals surface area (Å²) in [4.78, 5) is 22.5. The van der Waals surface area contributed by atoms with E-state index in [9.17, 15) is 18.4 Å². The van der Waals surface area contributed by atoms with Crippen LogP contribution in [0.4, 0.5) is 20.2 Å². The number of halogens is 2. The monoisotopic (exact) mass is 360 g/mol. The lowest BCUT2D eigenvalue weighted by Gasteiger charge is -2.04. The SMILES string of the molecule is Nc1ccc(F)cc1.O=C(Nc1cn[nH]c1C(=O)O)c1ccccc1F. The quantitative estimate of drug-likeness (QED) is 0.535. The molecule has 0 unspecified atom stereocenters. The fourth-order valence-electron chi connectivity index (χ4n) is 1.84. The minimum Gasteiger partial charge on any atom is -0.476 e. The number of aromatic amines is 1. The lowest BCUT2D eigenvalue weighted by atomic mass is 10.2. The number of anilines is 2. The molecule has 0 saturated carbocycles. The Bertz CT molecular complexity index is 889.